The molecule has 0 aliphatic rings. The fourth-order valence-corrected chi connectivity index (χ4v) is 1.79. The Labute approximate surface area is 99.5 Å². The van der Waals surface area contributed by atoms with Gasteiger partial charge >= 0.3 is 0 Å². The van der Waals surface area contributed by atoms with Crippen molar-refractivity contribution in [2.75, 3.05) is 19.6 Å². The monoisotopic (exact) mass is 220 g/mol. The van der Waals surface area contributed by atoms with E-state index >= 15 is 0 Å². The third kappa shape index (κ3) is 3.95. The van der Waals surface area contributed by atoms with Gasteiger partial charge in [0, 0.05) is 19.6 Å². The van der Waals surface area contributed by atoms with Crippen molar-refractivity contribution in [3.63, 3.8) is 0 Å². The third-order valence-corrected chi connectivity index (χ3v) is 3.00. The zero-order chi connectivity index (χ0) is 12.0. The predicted octanol–water partition coefficient (Wildman–Crippen LogP) is 2.31. The number of rotatable bonds is 6. The van der Waals surface area contributed by atoms with Crippen molar-refractivity contribution in [2.24, 2.45) is 0 Å². The van der Waals surface area contributed by atoms with Crippen molar-refractivity contribution >= 4 is 0 Å². The van der Waals surface area contributed by atoms with Gasteiger partial charge in [0.25, 0.3) is 0 Å². The van der Waals surface area contributed by atoms with Crippen LogP contribution in [0.25, 0.3) is 0 Å². The maximum absolute atomic E-state index is 3.46. The van der Waals surface area contributed by atoms with E-state index in [0.29, 0.717) is 0 Å². The molecule has 0 fully saturated rings. The Hall–Kier alpha value is -0.860. The Morgan fingerprint density at radius 1 is 0.875 bits per heavy atom. The first-order valence-electron chi connectivity index (χ1n) is 6.13. The lowest BCUT2D eigenvalue weighted by molar-refractivity contribution is 0.623. The SMILES string of the molecule is CCNCCNCc1cc(C)c(C)cc1C. The molecule has 2 N–H and O–H groups in total. The van der Waals surface area contributed by atoms with E-state index in [-0.39, 0.29) is 0 Å². The van der Waals surface area contributed by atoms with Crippen molar-refractivity contribution in [1.82, 2.24) is 10.6 Å². The molecule has 0 aromatic heterocycles. The van der Waals surface area contributed by atoms with Crippen molar-refractivity contribution in [3.8, 4) is 0 Å². The second-order valence-electron chi connectivity index (χ2n) is 4.39. The van der Waals surface area contributed by atoms with E-state index in [4.69, 9.17) is 0 Å². The minimum absolute atomic E-state index is 0.971. The Kier molecular flexibility index (Phi) is 5.50. The maximum atomic E-state index is 3.46. The second-order valence-corrected chi connectivity index (χ2v) is 4.39. The van der Waals surface area contributed by atoms with Crippen LogP contribution in [0, 0.1) is 20.8 Å². The van der Waals surface area contributed by atoms with E-state index in [2.05, 4.69) is 50.5 Å². The highest BCUT2D eigenvalue weighted by molar-refractivity contribution is 5.36. The van der Waals surface area contributed by atoms with Crippen LogP contribution in [0.5, 0.6) is 0 Å². The van der Waals surface area contributed by atoms with Crippen LogP contribution in [0.3, 0.4) is 0 Å². The first kappa shape index (κ1) is 13.2. The van der Waals surface area contributed by atoms with Crippen LogP contribution >= 0.6 is 0 Å². The van der Waals surface area contributed by atoms with Crippen molar-refractivity contribution in [3.05, 3.63) is 34.4 Å². The van der Waals surface area contributed by atoms with Crippen LogP contribution in [0.15, 0.2) is 12.1 Å². The Morgan fingerprint density at radius 3 is 2.19 bits per heavy atom. The molecule has 1 rings (SSSR count). The summed E-state index contributed by atoms with van der Waals surface area (Å²) in [4.78, 5) is 0. The second kappa shape index (κ2) is 6.66. The zero-order valence-corrected chi connectivity index (χ0v) is 11.0. The van der Waals surface area contributed by atoms with E-state index in [9.17, 15) is 0 Å². The van der Waals surface area contributed by atoms with E-state index in [1.165, 1.54) is 22.3 Å². The van der Waals surface area contributed by atoms with E-state index < -0.39 is 0 Å². The summed E-state index contributed by atoms with van der Waals surface area (Å²) in [7, 11) is 0. The number of hydrogen-bond donors (Lipinski definition) is 2. The van der Waals surface area contributed by atoms with Crippen molar-refractivity contribution in [2.45, 2.75) is 34.2 Å². The molecule has 90 valence electrons. The molecule has 0 atom stereocenters. The van der Waals surface area contributed by atoms with Gasteiger partial charge in [0.05, 0.1) is 0 Å². The molecule has 0 bridgehead atoms. The van der Waals surface area contributed by atoms with Crippen LogP contribution in [-0.2, 0) is 6.54 Å². The average Bonchev–Trinajstić information content (AvgIpc) is 2.25. The molecule has 0 aliphatic carbocycles. The van der Waals surface area contributed by atoms with Gasteiger partial charge in [-0.2, -0.15) is 0 Å². The lowest BCUT2D eigenvalue weighted by Crippen LogP contribution is -2.27. The minimum Gasteiger partial charge on any atom is -0.316 e. The molecule has 2 nitrogen and oxygen atoms in total. The van der Waals surface area contributed by atoms with Gasteiger partial charge in [-0.3, -0.25) is 0 Å². The van der Waals surface area contributed by atoms with E-state index in [1.54, 1.807) is 0 Å². The molecule has 16 heavy (non-hydrogen) atoms. The molecule has 1 aromatic carbocycles. The summed E-state index contributed by atoms with van der Waals surface area (Å²) >= 11 is 0. The summed E-state index contributed by atoms with van der Waals surface area (Å²) in [6.07, 6.45) is 0. The van der Waals surface area contributed by atoms with Crippen molar-refractivity contribution in [1.29, 1.82) is 0 Å². The largest absolute Gasteiger partial charge is 0.316 e. The van der Waals surface area contributed by atoms with Crippen LogP contribution in [0.4, 0.5) is 0 Å². The Bertz CT molecular complexity index is 332. The van der Waals surface area contributed by atoms with Crippen molar-refractivity contribution < 1.29 is 0 Å². The minimum atomic E-state index is 0.971. The number of benzene rings is 1. The zero-order valence-electron chi connectivity index (χ0n) is 11.0. The molecule has 1 aromatic rings. The maximum Gasteiger partial charge on any atom is 0.0208 e. The first-order chi connectivity index (χ1) is 7.65. The smallest absolute Gasteiger partial charge is 0.0208 e. The number of aryl methyl sites for hydroxylation is 3. The molecule has 0 aliphatic heterocycles. The number of hydrogen-bond acceptors (Lipinski definition) is 2. The molecule has 0 saturated carbocycles. The van der Waals surface area contributed by atoms with Gasteiger partial charge in [0.1, 0.15) is 0 Å². The summed E-state index contributed by atoms with van der Waals surface area (Å²) in [5.74, 6) is 0. The predicted molar refractivity (Wildman–Crippen MR) is 70.9 cm³/mol. The molecule has 0 heterocycles. The van der Waals surface area contributed by atoms with E-state index in [0.717, 1.165) is 26.2 Å². The highest BCUT2D eigenvalue weighted by atomic mass is 14.9. The van der Waals surface area contributed by atoms with Gasteiger partial charge in [-0.15, -0.1) is 0 Å². The lowest BCUT2D eigenvalue weighted by atomic mass is 10.0. The molecule has 0 radical (unpaired) electrons. The fourth-order valence-electron chi connectivity index (χ4n) is 1.79. The van der Waals surface area contributed by atoms with Crippen LogP contribution in [0.1, 0.15) is 29.2 Å². The van der Waals surface area contributed by atoms with Crippen LogP contribution in [0.2, 0.25) is 0 Å². The highest BCUT2D eigenvalue weighted by Crippen LogP contribution is 2.14. The molecule has 2 heteroatoms. The number of nitrogens with one attached hydrogen (secondary N) is 2. The molecule has 0 saturated heterocycles. The lowest BCUT2D eigenvalue weighted by Gasteiger charge is -2.11. The topological polar surface area (TPSA) is 24.1 Å². The number of likely N-dealkylation sites (N-methyl/N-ethyl adjacent to an activating group) is 1. The molecular weight excluding hydrogens is 196 g/mol. The van der Waals surface area contributed by atoms with Crippen LogP contribution < -0.4 is 10.6 Å². The molecule has 0 unspecified atom stereocenters. The fraction of sp³-hybridized carbons (Fsp3) is 0.571. The summed E-state index contributed by atoms with van der Waals surface area (Å²) < 4.78 is 0. The normalized spacial score (nSPS) is 10.8. The van der Waals surface area contributed by atoms with E-state index in [1.807, 2.05) is 0 Å². The van der Waals surface area contributed by atoms with Crippen LogP contribution in [-0.4, -0.2) is 19.6 Å². The van der Waals surface area contributed by atoms with Gasteiger partial charge in [-0.05, 0) is 49.6 Å². The molecule has 0 amide bonds. The summed E-state index contributed by atoms with van der Waals surface area (Å²) in [6.45, 7) is 12.8. The summed E-state index contributed by atoms with van der Waals surface area (Å²) in [5, 5.41) is 6.77. The average molecular weight is 220 g/mol. The Morgan fingerprint density at radius 2 is 1.50 bits per heavy atom. The van der Waals surface area contributed by atoms with Gasteiger partial charge in [0.2, 0.25) is 0 Å². The third-order valence-electron chi connectivity index (χ3n) is 3.00. The summed E-state index contributed by atoms with van der Waals surface area (Å²) in [5.41, 5.74) is 5.57. The van der Waals surface area contributed by atoms with Gasteiger partial charge in [-0.1, -0.05) is 19.1 Å². The Balaban J connectivity index is 2.45. The quantitative estimate of drug-likeness (QED) is 0.719. The van der Waals surface area contributed by atoms with Gasteiger partial charge < -0.3 is 10.6 Å². The first-order valence-corrected chi connectivity index (χ1v) is 6.13. The highest BCUT2D eigenvalue weighted by Gasteiger charge is 2.01. The summed E-state index contributed by atoms with van der Waals surface area (Å²) in [6, 6.07) is 4.57. The van der Waals surface area contributed by atoms with Gasteiger partial charge in [-0.25, -0.2) is 0 Å². The molecular formula is C14H24N2. The standard InChI is InChI=1S/C14H24N2/c1-5-15-6-7-16-10-14-9-12(3)11(2)8-13(14)4/h8-9,15-16H,5-7,10H2,1-4H3. The molecule has 0 spiro atoms. The van der Waals surface area contributed by atoms with Gasteiger partial charge in [0.15, 0.2) is 0 Å².